The van der Waals surface area contributed by atoms with Crippen molar-refractivity contribution in [1.82, 2.24) is 14.5 Å². The summed E-state index contributed by atoms with van der Waals surface area (Å²) in [5.74, 6) is -0.598. The molecule has 0 atom stereocenters. The number of carboxylic acid groups (broad SMARTS) is 1. The van der Waals surface area contributed by atoms with Crippen LogP contribution in [0.5, 0.6) is 0 Å². The van der Waals surface area contributed by atoms with Crippen LogP contribution in [-0.4, -0.2) is 25.6 Å². The molecular weight excluding hydrogens is 256 g/mol. The third kappa shape index (κ3) is 1.70. The lowest BCUT2D eigenvalue weighted by molar-refractivity contribution is -0.137. The zero-order valence-electron chi connectivity index (χ0n) is 10.6. The van der Waals surface area contributed by atoms with E-state index in [4.69, 9.17) is 10.8 Å². The van der Waals surface area contributed by atoms with Crippen LogP contribution in [0.3, 0.4) is 0 Å². The van der Waals surface area contributed by atoms with Crippen LogP contribution < -0.4 is 5.73 Å². The van der Waals surface area contributed by atoms with Crippen LogP contribution in [0.1, 0.15) is 5.56 Å². The van der Waals surface area contributed by atoms with Gasteiger partial charge in [0.2, 0.25) is 0 Å². The second-order valence-electron chi connectivity index (χ2n) is 4.42. The van der Waals surface area contributed by atoms with Crippen LogP contribution in [0.2, 0.25) is 0 Å². The summed E-state index contributed by atoms with van der Waals surface area (Å²) in [4.78, 5) is 19.2. The highest BCUT2D eigenvalue weighted by atomic mass is 16.4. The van der Waals surface area contributed by atoms with Gasteiger partial charge in [0.1, 0.15) is 24.3 Å². The molecular formula is C14H12N4O2. The number of aromatic nitrogens is 3. The fraction of sp³-hybridized carbons (Fsp3) is 0.0714. The highest BCUT2D eigenvalue weighted by Gasteiger charge is 2.16. The SMILES string of the molecule is C=Cc1ccc2c(c1)c1c(N)ncnc1n2CC(=O)O. The van der Waals surface area contributed by atoms with E-state index in [9.17, 15) is 4.79 Å². The number of carbonyl (C=O) groups is 1. The van der Waals surface area contributed by atoms with Gasteiger partial charge in [0.25, 0.3) is 0 Å². The van der Waals surface area contributed by atoms with Gasteiger partial charge < -0.3 is 15.4 Å². The van der Waals surface area contributed by atoms with E-state index in [-0.39, 0.29) is 6.54 Å². The minimum atomic E-state index is -0.936. The summed E-state index contributed by atoms with van der Waals surface area (Å²) in [7, 11) is 0. The summed E-state index contributed by atoms with van der Waals surface area (Å²) in [6.45, 7) is 3.56. The van der Waals surface area contributed by atoms with Gasteiger partial charge in [0.05, 0.1) is 10.9 Å². The summed E-state index contributed by atoms with van der Waals surface area (Å²) in [6.07, 6.45) is 3.06. The lowest BCUT2D eigenvalue weighted by atomic mass is 10.1. The minimum absolute atomic E-state index is 0.177. The number of fused-ring (bicyclic) bond motifs is 3. The first-order valence-corrected chi connectivity index (χ1v) is 5.98. The number of anilines is 1. The number of aliphatic carboxylic acids is 1. The molecule has 0 radical (unpaired) electrons. The van der Waals surface area contributed by atoms with Gasteiger partial charge in [-0.1, -0.05) is 18.7 Å². The van der Waals surface area contributed by atoms with Gasteiger partial charge in [-0.05, 0) is 17.7 Å². The normalized spacial score (nSPS) is 11.0. The number of benzene rings is 1. The second kappa shape index (κ2) is 4.34. The van der Waals surface area contributed by atoms with E-state index in [2.05, 4.69) is 16.5 Å². The number of nitrogen functional groups attached to an aromatic ring is 1. The van der Waals surface area contributed by atoms with Crippen molar-refractivity contribution in [3.63, 3.8) is 0 Å². The van der Waals surface area contributed by atoms with Gasteiger partial charge in [-0.25, -0.2) is 9.97 Å². The Morgan fingerprint density at radius 1 is 1.45 bits per heavy atom. The summed E-state index contributed by atoms with van der Waals surface area (Å²) in [6, 6.07) is 5.62. The first-order valence-electron chi connectivity index (χ1n) is 5.98. The Labute approximate surface area is 114 Å². The lowest BCUT2D eigenvalue weighted by Gasteiger charge is -2.02. The van der Waals surface area contributed by atoms with E-state index in [0.29, 0.717) is 16.9 Å². The molecule has 0 spiro atoms. The van der Waals surface area contributed by atoms with Gasteiger partial charge in [0, 0.05) is 5.39 Å². The molecule has 0 saturated carbocycles. The Morgan fingerprint density at radius 2 is 2.25 bits per heavy atom. The molecule has 3 aromatic rings. The zero-order chi connectivity index (χ0) is 14.3. The summed E-state index contributed by atoms with van der Waals surface area (Å²) in [5.41, 5.74) is 8.13. The van der Waals surface area contributed by atoms with Crippen molar-refractivity contribution in [3.8, 4) is 0 Å². The maximum atomic E-state index is 11.1. The van der Waals surface area contributed by atoms with Crippen LogP contribution in [-0.2, 0) is 11.3 Å². The first-order chi connectivity index (χ1) is 9.61. The quantitative estimate of drug-likeness (QED) is 0.756. The van der Waals surface area contributed by atoms with E-state index in [1.807, 2.05) is 18.2 Å². The van der Waals surface area contributed by atoms with E-state index in [0.717, 1.165) is 16.5 Å². The number of rotatable bonds is 3. The Balaban J connectivity index is 2.49. The van der Waals surface area contributed by atoms with Crippen molar-refractivity contribution in [3.05, 3.63) is 36.7 Å². The molecule has 0 aliphatic rings. The molecule has 0 aliphatic heterocycles. The molecule has 0 fully saturated rings. The average molecular weight is 268 g/mol. The minimum Gasteiger partial charge on any atom is -0.480 e. The molecule has 2 aromatic heterocycles. The third-order valence-electron chi connectivity index (χ3n) is 3.22. The largest absolute Gasteiger partial charge is 0.480 e. The zero-order valence-corrected chi connectivity index (χ0v) is 10.6. The molecule has 6 nitrogen and oxygen atoms in total. The fourth-order valence-electron chi connectivity index (χ4n) is 2.38. The molecule has 2 heterocycles. The number of hydrogen-bond acceptors (Lipinski definition) is 4. The summed E-state index contributed by atoms with van der Waals surface area (Å²) >= 11 is 0. The second-order valence-corrected chi connectivity index (χ2v) is 4.42. The maximum Gasteiger partial charge on any atom is 0.323 e. The standard InChI is InChI=1S/C14H12N4O2/c1-2-8-3-4-10-9(5-8)12-13(15)16-7-17-14(12)18(10)6-11(19)20/h2-5,7H,1,6H2,(H,19,20)(H2,15,16,17). The molecule has 1 aromatic carbocycles. The van der Waals surface area contributed by atoms with Crippen molar-refractivity contribution in [1.29, 1.82) is 0 Å². The number of hydrogen-bond donors (Lipinski definition) is 2. The highest BCUT2D eigenvalue weighted by Crippen LogP contribution is 2.31. The molecule has 3 N–H and O–H groups in total. The third-order valence-corrected chi connectivity index (χ3v) is 3.22. The van der Waals surface area contributed by atoms with Crippen molar-refractivity contribution in [2.45, 2.75) is 6.54 Å². The number of nitrogens with zero attached hydrogens (tertiary/aromatic N) is 3. The molecule has 100 valence electrons. The van der Waals surface area contributed by atoms with Crippen LogP contribution in [0.4, 0.5) is 5.82 Å². The Bertz CT molecular complexity index is 851. The van der Waals surface area contributed by atoms with Crippen LogP contribution >= 0.6 is 0 Å². The Hall–Kier alpha value is -2.89. The van der Waals surface area contributed by atoms with E-state index in [1.165, 1.54) is 6.33 Å². The molecule has 3 rings (SSSR count). The summed E-state index contributed by atoms with van der Waals surface area (Å²) in [5, 5.41) is 10.6. The first kappa shape index (κ1) is 12.2. The fourth-order valence-corrected chi connectivity index (χ4v) is 2.38. The van der Waals surface area contributed by atoms with Gasteiger partial charge in [-0.15, -0.1) is 0 Å². The molecule has 6 heteroatoms. The molecule has 0 aliphatic carbocycles. The van der Waals surface area contributed by atoms with Gasteiger partial charge in [0.15, 0.2) is 0 Å². The Kier molecular flexibility index (Phi) is 2.64. The topological polar surface area (TPSA) is 94.0 Å². The Morgan fingerprint density at radius 3 is 2.95 bits per heavy atom. The molecule has 0 amide bonds. The van der Waals surface area contributed by atoms with Crippen molar-refractivity contribution >= 4 is 39.8 Å². The van der Waals surface area contributed by atoms with E-state index < -0.39 is 5.97 Å². The average Bonchev–Trinajstić information content (AvgIpc) is 2.73. The highest BCUT2D eigenvalue weighted by molar-refractivity contribution is 6.12. The van der Waals surface area contributed by atoms with Crippen molar-refractivity contribution in [2.75, 3.05) is 5.73 Å². The predicted octanol–water partition coefficient (Wildman–Crippen LogP) is 1.89. The lowest BCUT2D eigenvalue weighted by Crippen LogP contribution is -2.09. The van der Waals surface area contributed by atoms with Crippen LogP contribution in [0.15, 0.2) is 31.1 Å². The monoisotopic (exact) mass is 268 g/mol. The molecule has 0 unspecified atom stereocenters. The van der Waals surface area contributed by atoms with Gasteiger partial charge in [-0.2, -0.15) is 0 Å². The molecule has 0 saturated heterocycles. The molecule has 20 heavy (non-hydrogen) atoms. The smallest absolute Gasteiger partial charge is 0.323 e. The predicted molar refractivity (Wildman–Crippen MR) is 77.2 cm³/mol. The maximum absolute atomic E-state index is 11.1. The number of nitrogens with two attached hydrogens (primary N) is 1. The van der Waals surface area contributed by atoms with Crippen molar-refractivity contribution in [2.24, 2.45) is 0 Å². The summed E-state index contributed by atoms with van der Waals surface area (Å²) < 4.78 is 1.62. The number of carboxylic acids is 1. The van der Waals surface area contributed by atoms with E-state index >= 15 is 0 Å². The van der Waals surface area contributed by atoms with Crippen LogP contribution in [0.25, 0.3) is 28.0 Å². The van der Waals surface area contributed by atoms with Gasteiger partial charge >= 0.3 is 5.97 Å². The molecule has 0 bridgehead atoms. The van der Waals surface area contributed by atoms with Gasteiger partial charge in [-0.3, -0.25) is 4.79 Å². The van der Waals surface area contributed by atoms with Crippen LogP contribution in [0, 0.1) is 0 Å². The van der Waals surface area contributed by atoms with Crippen molar-refractivity contribution < 1.29 is 9.90 Å². The van der Waals surface area contributed by atoms with E-state index in [1.54, 1.807) is 10.6 Å².